The summed E-state index contributed by atoms with van der Waals surface area (Å²) in [4.78, 5) is 0. The lowest BCUT2D eigenvalue weighted by molar-refractivity contribution is 0.317. The van der Waals surface area contributed by atoms with Gasteiger partial charge in [-0.1, -0.05) is 19.1 Å². The molecule has 0 spiro atoms. The monoisotopic (exact) mass is 204 g/mol. The van der Waals surface area contributed by atoms with E-state index in [9.17, 15) is 0 Å². The molecule has 0 saturated carbocycles. The van der Waals surface area contributed by atoms with Crippen LogP contribution >= 0.6 is 0 Å². The highest BCUT2D eigenvalue weighted by molar-refractivity contribution is 5.31. The van der Waals surface area contributed by atoms with E-state index >= 15 is 0 Å². The first-order chi connectivity index (χ1) is 7.31. The summed E-state index contributed by atoms with van der Waals surface area (Å²) < 4.78 is 5.45. The molecule has 1 N–H and O–H groups in total. The van der Waals surface area contributed by atoms with E-state index in [0.29, 0.717) is 0 Å². The lowest BCUT2D eigenvalue weighted by Gasteiger charge is -2.09. The van der Waals surface area contributed by atoms with Crippen molar-refractivity contribution in [3.05, 3.63) is 29.8 Å². The predicted octanol–water partition coefficient (Wildman–Crippen LogP) is 2.26. The van der Waals surface area contributed by atoms with Gasteiger partial charge in [-0.3, -0.25) is 0 Å². The lowest BCUT2D eigenvalue weighted by Crippen LogP contribution is -2.13. The highest BCUT2D eigenvalue weighted by atomic mass is 16.5. The molecule has 0 aliphatic heterocycles. The van der Waals surface area contributed by atoms with Crippen molar-refractivity contribution in [3.8, 4) is 11.8 Å². The molecule has 1 aromatic carbocycles. The van der Waals surface area contributed by atoms with Gasteiger partial charge in [-0.2, -0.15) is 5.26 Å². The summed E-state index contributed by atoms with van der Waals surface area (Å²) >= 11 is 0. The number of rotatable bonds is 5. The van der Waals surface area contributed by atoms with E-state index in [0.717, 1.165) is 24.3 Å². The van der Waals surface area contributed by atoms with E-state index in [2.05, 4.69) is 18.3 Å². The third-order valence-corrected chi connectivity index (χ3v) is 2.10. The van der Waals surface area contributed by atoms with Crippen LogP contribution in [0.1, 0.15) is 24.9 Å². The molecule has 1 atom stereocenters. The number of hydrogen-bond donors (Lipinski definition) is 1. The zero-order chi connectivity index (χ0) is 11.1. The summed E-state index contributed by atoms with van der Waals surface area (Å²) in [6.07, 6.45) is 0.999. The number of benzene rings is 1. The van der Waals surface area contributed by atoms with Crippen LogP contribution in [0.15, 0.2) is 24.3 Å². The van der Waals surface area contributed by atoms with E-state index in [1.54, 1.807) is 7.05 Å². The second kappa shape index (κ2) is 6.05. The van der Waals surface area contributed by atoms with Crippen molar-refractivity contribution in [3.63, 3.8) is 0 Å². The Kier molecular flexibility index (Phi) is 4.65. The second-order valence-electron chi connectivity index (χ2n) is 3.27. The fourth-order valence-electron chi connectivity index (χ4n) is 1.28. The van der Waals surface area contributed by atoms with Gasteiger partial charge in [-0.15, -0.1) is 0 Å². The molecule has 80 valence electrons. The summed E-state index contributed by atoms with van der Waals surface area (Å²) in [5.41, 5.74) is 0.962. The van der Waals surface area contributed by atoms with Crippen LogP contribution in [0, 0.1) is 11.3 Å². The van der Waals surface area contributed by atoms with Gasteiger partial charge in [0.05, 0.1) is 12.7 Å². The molecule has 3 heteroatoms. The lowest BCUT2D eigenvalue weighted by atomic mass is 10.1. The van der Waals surface area contributed by atoms with Gasteiger partial charge in [0.15, 0.2) is 0 Å². The van der Waals surface area contributed by atoms with E-state index < -0.39 is 0 Å². The van der Waals surface area contributed by atoms with Crippen LogP contribution < -0.4 is 10.1 Å². The van der Waals surface area contributed by atoms with Gasteiger partial charge in [0, 0.05) is 0 Å². The Balaban J connectivity index is 2.68. The van der Waals surface area contributed by atoms with Crippen LogP contribution in [0.2, 0.25) is 0 Å². The average Bonchev–Trinajstić information content (AvgIpc) is 2.29. The summed E-state index contributed by atoms with van der Waals surface area (Å²) in [7, 11) is 1.77. The van der Waals surface area contributed by atoms with Crippen molar-refractivity contribution in [2.75, 3.05) is 13.7 Å². The highest BCUT2D eigenvalue weighted by Crippen LogP contribution is 2.17. The van der Waals surface area contributed by atoms with Crippen molar-refractivity contribution in [1.82, 2.24) is 5.32 Å². The first-order valence-electron chi connectivity index (χ1n) is 5.11. The van der Waals surface area contributed by atoms with Gasteiger partial charge in [0.1, 0.15) is 11.8 Å². The van der Waals surface area contributed by atoms with Crippen molar-refractivity contribution in [1.29, 1.82) is 5.26 Å². The Labute approximate surface area is 90.7 Å². The van der Waals surface area contributed by atoms with Crippen molar-refractivity contribution >= 4 is 0 Å². The van der Waals surface area contributed by atoms with Gasteiger partial charge in [-0.25, -0.2) is 0 Å². The topological polar surface area (TPSA) is 45.0 Å². The van der Waals surface area contributed by atoms with Crippen LogP contribution in [-0.4, -0.2) is 13.7 Å². The Hall–Kier alpha value is -1.53. The molecule has 0 heterocycles. The van der Waals surface area contributed by atoms with Gasteiger partial charge in [0.2, 0.25) is 0 Å². The number of hydrogen-bond acceptors (Lipinski definition) is 3. The minimum Gasteiger partial charge on any atom is -0.494 e. The number of ether oxygens (including phenoxy) is 1. The summed E-state index contributed by atoms with van der Waals surface area (Å²) in [6, 6.07) is 9.55. The summed E-state index contributed by atoms with van der Waals surface area (Å²) in [5.74, 6) is 0.855. The molecule has 1 aromatic rings. The number of nitrogens with one attached hydrogen (secondary N) is 1. The maximum absolute atomic E-state index is 8.85. The zero-order valence-electron chi connectivity index (χ0n) is 9.16. The van der Waals surface area contributed by atoms with Crippen LogP contribution in [0.3, 0.4) is 0 Å². The Morgan fingerprint density at radius 1 is 1.40 bits per heavy atom. The van der Waals surface area contributed by atoms with Crippen LogP contribution in [0.4, 0.5) is 0 Å². The van der Waals surface area contributed by atoms with E-state index in [4.69, 9.17) is 10.00 Å². The molecular formula is C12H16N2O. The first-order valence-corrected chi connectivity index (χ1v) is 5.11. The molecule has 1 unspecified atom stereocenters. The van der Waals surface area contributed by atoms with Gasteiger partial charge in [-0.05, 0) is 31.2 Å². The van der Waals surface area contributed by atoms with Crippen LogP contribution in [0.5, 0.6) is 5.75 Å². The maximum atomic E-state index is 8.85. The largest absolute Gasteiger partial charge is 0.494 e. The molecule has 3 nitrogen and oxygen atoms in total. The van der Waals surface area contributed by atoms with Crippen molar-refractivity contribution < 1.29 is 4.74 Å². The quantitative estimate of drug-likeness (QED) is 0.800. The molecule has 0 saturated heterocycles. The zero-order valence-corrected chi connectivity index (χ0v) is 9.16. The van der Waals surface area contributed by atoms with Gasteiger partial charge in [0.25, 0.3) is 0 Å². The molecule has 15 heavy (non-hydrogen) atoms. The van der Waals surface area contributed by atoms with Crippen molar-refractivity contribution in [2.45, 2.75) is 19.4 Å². The SMILES string of the molecule is CCCOc1ccc(C(C#N)NC)cc1. The highest BCUT2D eigenvalue weighted by Gasteiger charge is 2.06. The molecule has 0 aliphatic rings. The first kappa shape index (κ1) is 11.5. The molecule has 0 bridgehead atoms. The Morgan fingerprint density at radius 2 is 2.07 bits per heavy atom. The third-order valence-electron chi connectivity index (χ3n) is 2.10. The molecular weight excluding hydrogens is 188 g/mol. The van der Waals surface area contributed by atoms with Gasteiger partial charge >= 0.3 is 0 Å². The molecule has 0 aromatic heterocycles. The van der Waals surface area contributed by atoms with E-state index in [1.807, 2.05) is 24.3 Å². The van der Waals surface area contributed by atoms with Crippen LogP contribution in [0.25, 0.3) is 0 Å². The normalized spacial score (nSPS) is 11.8. The predicted molar refractivity (Wildman–Crippen MR) is 59.6 cm³/mol. The smallest absolute Gasteiger partial charge is 0.121 e. The van der Waals surface area contributed by atoms with Gasteiger partial charge < -0.3 is 10.1 Å². The minimum atomic E-state index is -0.245. The van der Waals surface area contributed by atoms with E-state index in [-0.39, 0.29) is 6.04 Å². The summed E-state index contributed by atoms with van der Waals surface area (Å²) in [6.45, 7) is 2.80. The molecule has 0 aliphatic carbocycles. The molecule has 1 rings (SSSR count). The van der Waals surface area contributed by atoms with Crippen LogP contribution in [-0.2, 0) is 0 Å². The van der Waals surface area contributed by atoms with E-state index in [1.165, 1.54) is 0 Å². The fraction of sp³-hybridized carbons (Fsp3) is 0.417. The molecule has 0 amide bonds. The fourth-order valence-corrected chi connectivity index (χ4v) is 1.28. The maximum Gasteiger partial charge on any atom is 0.121 e. The summed E-state index contributed by atoms with van der Waals surface area (Å²) in [5, 5.41) is 11.8. The molecule has 0 fully saturated rings. The number of nitriles is 1. The second-order valence-corrected chi connectivity index (χ2v) is 3.27. The third kappa shape index (κ3) is 3.26. The Morgan fingerprint density at radius 3 is 2.53 bits per heavy atom. The molecule has 0 radical (unpaired) electrons. The minimum absolute atomic E-state index is 0.245. The Bertz CT molecular complexity index is 326. The van der Waals surface area contributed by atoms with Crippen molar-refractivity contribution in [2.24, 2.45) is 0 Å². The number of nitrogens with zero attached hydrogens (tertiary/aromatic N) is 1. The standard InChI is InChI=1S/C12H16N2O/c1-3-8-15-11-6-4-10(5-7-11)12(9-13)14-2/h4-7,12,14H,3,8H2,1-2H3. The average molecular weight is 204 g/mol.